The summed E-state index contributed by atoms with van der Waals surface area (Å²) in [6.07, 6.45) is 1.27. The minimum absolute atomic E-state index is 0.00583. The van der Waals surface area contributed by atoms with E-state index in [9.17, 15) is 4.79 Å². The summed E-state index contributed by atoms with van der Waals surface area (Å²) in [4.78, 5) is 12.5. The Morgan fingerprint density at radius 2 is 2.00 bits per heavy atom. The van der Waals surface area contributed by atoms with Crippen LogP contribution in [0.4, 0.5) is 5.69 Å². The highest BCUT2D eigenvalue weighted by Crippen LogP contribution is 2.23. The summed E-state index contributed by atoms with van der Waals surface area (Å²) < 4.78 is 0. The van der Waals surface area contributed by atoms with E-state index in [2.05, 4.69) is 13.0 Å². The molecule has 104 valence electrons. The first kappa shape index (κ1) is 14.6. The molecule has 2 rings (SSSR count). The second-order valence-corrected chi connectivity index (χ2v) is 5.31. The molecule has 0 heterocycles. The average molecular weight is 288 g/mol. The van der Waals surface area contributed by atoms with Crippen LogP contribution in [0.1, 0.15) is 34.0 Å². The number of benzene rings is 2. The smallest absolute Gasteiger partial charge is 0.168 e. The summed E-state index contributed by atoms with van der Waals surface area (Å²) in [7, 11) is 0. The van der Waals surface area contributed by atoms with Crippen molar-refractivity contribution >= 4 is 23.1 Å². The van der Waals surface area contributed by atoms with Crippen LogP contribution in [0.15, 0.2) is 36.4 Å². The highest BCUT2D eigenvalue weighted by atomic mass is 35.5. The van der Waals surface area contributed by atoms with Gasteiger partial charge in [0.2, 0.25) is 0 Å². The number of aryl methyl sites for hydroxylation is 2. The number of hydrogen-bond donors (Lipinski definition) is 1. The zero-order chi connectivity index (χ0) is 14.7. The highest BCUT2D eigenvalue weighted by molar-refractivity contribution is 6.34. The Morgan fingerprint density at radius 3 is 2.70 bits per heavy atom. The number of Topliss-reactive ketones (excluding diaryl/α,β-unsaturated/α-hetero) is 1. The minimum atomic E-state index is 0.00583. The molecule has 0 atom stereocenters. The Morgan fingerprint density at radius 1 is 1.25 bits per heavy atom. The van der Waals surface area contributed by atoms with Gasteiger partial charge in [0.05, 0.1) is 5.02 Å². The van der Waals surface area contributed by atoms with E-state index in [1.54, 1.807) is 18.2 Å². The molecule has 2 aromatic rings. The van der Waals surface area contributed by atoms with Crippen LogP contribution in [-0.4, -0.2) is 5.78 Å². The van der Waals surface area contributed by atoms with Gasteiger partial charge in [-0.15, -0.1) is 0 Å². The second-order valence-electron chi connectivity index (χ2n) is 4.91. The first-order valence-electron chi connectivity index (χ1n) is 6.68. The summed E-state index contributed by atoms with van der Waals surface area (Å²) in [6.45, 7) is 4.12. The summed E-state index contributed by atoms with van der Waals surface area (Å²) in [5.74, 6) is 0.00583. The SMILES string of the molecule is CCc1cccc(C)c1CC(=O)c1cc(N)ccc1Cl. The fourth-order valence-electron chi connectivity index (χ4n) is 2.36. The van der Waals surface area contributed by atoms with Crippen molar-refractivity contribution < 1.29 is 4.79 Å². The monoisotopic (exact) mass is 287 g/mol. The van der Waals surface area contributed by atoms with Crippen LogP contribution in [0.2, 0.25) is 5.02 Å². The van der Waals surface area contributed by atoms with E-state index in [1.165, 1.54) is 5.56 Å². The topological polar surface area (TPSA) is 43.1 Å². The molecule has 0 saturated heterocycles. The number of halogens is 1. The Kier molecular flexibility index (Phi) is 4.46. The van der Waals surface area contributed by atoms with Gasteiger partial charge < -0.3 is 5.73 Å². The van der Waals surface area contributed by atoms with Gasteiger partial charge in [-0.25, -0.2) is 0 Å². The van der Waals surface area contributed by atoms with Crippen molar-refractivity contribution in [3.05, 3.63) is 63.7 Å². The van der Waals surface area contributed by atoms with Gasteiger partial charge >= 0.3 is 0 Å². The molecule has 2 nitrogen and oxygen atoms in total. The average Bonchev–Trinajstić information content (AvgIpc) is 2.43. The molecule has 0 spiro atoms. The third-order valence-corrected chi connectivity index (χ3v) is 3.85. The standard InChI is InChI=1S/C17H18ClNO/c1-3-12-6-4-5-11(2)14(12)10-17(20)15-9-13(19)7-8-16(15)18/h4-9H,3,10,19H2,1-2H3. The molecule has 0 unspecified atom stereocenters. The Hall–Kier alpha value is -1.80. The van der Waals surface area contributed by atoms with Crippen LogP contribution >= 0.6 is 11.6 Å². The van der Waals surface area contributed by atoms with Crippen LogP contribution < -0.4 is 5.73 Å². The third kappa shape index (κ3) is 3.02. The molecule has 0 radical (unpaired) electrons. The lowest BCUT2D eigenvalue weighted by Gasteiger charge is -2.11. The molecular formula is C17H18ClNO. The molecule has 20 heavy (non-hydrogen) atoms. The highest BCUT2D eigenvalue weighted by Gasteiger charge is 2.14. The van der Waals surface area contributed by atoms with Gasteiger partial charge in [0.15, 0.2) is 5.78 Å². The van der Waals surface area contributed by atoms with Crippen molar-refractivity contribution in [2.75, 3.05) is 5.73 Å². The number of anilines is 1. The first-order valence-corrected chi connectivity index (χ1v) is 7.06. The lowest BCUT2D eigenvalue weighted by atomic mass is 9.93. The normalized spacial score (nSPS) is 10.6. The predicted molar refractivity (Wildman–Crippen MR) is 84.5 cm³/mol. The summed E-state index contributed by atoms with van der Waals surface area (Å²) in [5.41, 5.74) is 10.2. The Bertz CT molecular complexity index is 649. The number of nitrogens with two attached hydrogens (primary N) is 1. The van der Waals surface area contributed by atoms with Crippen LogP contribution in [0.25, 0.3) is 0 Å². The van der Waals surface area contributed by atoms with Gasteiger partial charge in [-0.3, -0.25) is 4.79 Å². The molecule has 0 aliphatic rings. The van der Waals surface area contributed by atoms with Crippen LogP contribution in [0.5, 0.6) is 0 Å². The lowest BCUT2D eigenvalue weighted by molar-refractivity contribution is 0.0992. The second kappa shape index (κ2) is 6.10. The molecule has 0 saturated carbocycles. The number of ketones is 1. The number of rotatable bonds is 4. The fraction of sp³-hybridized carbons (Fsp3) is 0.235. The molecule has 0 aliphatic carbocycles. The van der Waals surface area contributed by atoms with E-state index in [0.717, 1.165) is 17.5 Å². The molecule has 2 aromatic carbocycles. The van der Waals surface area contributed by atoms with Crippen LogP contribution in [0.3, 0.4) is 0 Å². The molecule has 0 aromatic heterocycles. The molecule has 0 amide bonds. The molecule has 0 fully saturated rings. The molecule has 0 bridgehead atoms. The van der Waals surface area contributed by atoms with Crippen molar-refractivity contribution in [3.63, 3.8) is 0 Å². The van der Waals surface area contributed by atoms with Gasteiger partial charge in [0.1, 0.15) is 0 Å². The molecule has 2 N–H and O–H groups in total. The zero-order valence-electron chi connectivity index (χ0n) is 11.7. The maximum Gasteiger partial charge on any atom is 0.168 e. The fourth-order valence-corrected chi connectivity index (χ4v) is 2.58. The van der Waals surface area contributed by atoms with Crippen molar-refractivity contribution in [2.45, 2.75) is 26.7 Å². The van der Waals surface area contributed by atoms with Gasteiger partial charge in [-0.1, -0.05) is 36.7 Å². The van der Waals surface area contributed by atoms with Gasteiger partial charge in [0, 0.05) is 17.7 Å². The van der Waals surface area contributed by atoms with E-state index in [0.29, 0.717) is 22.7 Å². The molecule has 3 heteroatoms. The van der Waals surface area contributed by atoms with E-state index in [1.807, 2.05) is 19.1 Å². The summed E-state index contributed by atoms with van der Waals surface area (Å²) in [5, 5.41) is 0.454. The van der Waals surface area contributed by atoms with Gasteiger partial charge in [0.25, 0.3) is 0 Å². The largest absolute Gasteiger partial charge is 0.399 e. The predicted octanol–water partition coefficient (Wildman–Crippen LogP) is 4.22. The van der Waals surface area contributed by atoms with E-state index in [-0.39, 0.29) is 5.78 Å². The maximum atomic E-state index is 12.5. The number of carbonyl (C=O) groups excluding carboxylic acids is 1. The summed E-state index contributed by atoms with van der Waals surface area (Å²) >= 11 is 6.09. The molecular weight excluding hydrogens is 270 g/mol. The number of nitrogen functional groups attached to an aromatic ring is 1. The van der Waals surface area contributed by atoms with Crippen LogP contribution in [0, 0.1) is 6.92 Å². The van der Waals surface area contributed by atoms with Crippen molar-refractivity contribution in [1.29, 1.82) is 0 Å². The van der Waals surface area contributed by atoms with Crippen molar-refractivity contribution in [2.24, 2.45) is 0 Å². The summed E-state index contributed by atoms with van der Waals surface area (Å²) in [6, 6.07) is 11.1. The van der Waals surface area contributed by atoms with Crippen molar-refractivity contribution in [1.82, 2.24) is 0 Å². The van der Waals surface area contributed by atoms with Gasteiger partial charge in [-0.2, -0.15) is 0 Å². The van der Waals surface area contributed by atoms with E-state index >= 15 is 0 Å². The lowest BCUT2D eigenvalue weighted by Crippen LogP contribution is -2.08. The minimum Gasteiger partial charge on any atom is -0.399 e. The number of hydrogen-bond acceptors (Lipinski definition) is 2. The van der Waals surface area contributed by atoms with Crippen molar-refractivity contribution in [3.8, 4) is 0 Å². The maximum absolute atomic E-state index is 12.5. The van der Waals surface area contributed by atoms with E-state index in [4.69, 9.17) is 17.3 Å². The van der Waals surface area contributed by atoms with Crippen LogP contribution in [-0.2, 0) is 12.8 Å². The number of carbonyl (C=O) groups is 1. The Labute approximate surface area is 124 Å². The molecule has 0 aliphatic heterocycles. The third-order valence-electron chi connectivity index (χ3n) is 3.52. The zero-order valence-corrected chi connectivity index (χ0v) is 12.5. The first-order chi connectivity index (χ1) is 9.52. The van der Waals surface area contributed by atoms with Gasteiger partial charge in [-0.05, 0) is 48.2 Å². The Balaban J connectivity index is 2.35. The van der Waals surface area contributed by atoms with E-state index < -0.39 is 0 Å². The quantitative estimate of drug-likeness (QED) is 0.676.